The lowest BCUT2D eigenvalue weighted by Crippen LogP contribution is -2.19. The molecule has 0 aliphatic heterocycles. The lowest BCUT2D eigenvalue weighted by molar-refractivity contribution is 0.285. The van der Waals surface area contributed by atoms with Crippen LogP contribution in [-0.2, 0) is 7.05 Å². The van der Waals surface area contributed by atoms with E-state index in [1.54, 1.807) is 32.6 Å². The second-order valence-corrected chi connectivity index (χ2v) is 7.16. The first-order chi connectivity index (χ1) is 14.0. The predicted molar refractivity (Wildman–Crippen MR) is 105 cm³/mol. The van der Waals surface area contributed by atoms with E-state index in [1.165, 1.54) is 17.7 Å². The summed E-state index contributed by atoms with van der Waals surface area (Å²) in [5.74, 6) is 1.50. The zero-order chi connectivity index (χ0) is 20.5. The van der Waals surface area contributed by atoms with Gasteiger partial charge in [0.15, 0.2) is 5.82 Å². The molecule has 3 heterocycles. The summed E-state index contributed by atoms with van der Waals surface area (Å²) in [6.07, 6.45) is 5.83. The molecule has 0 bridgehead atoms. The third kappa shape index (κ3) is 3.96. The fraction of sp³-hybridized carbons (Fsp3) is 0.333. The SMILES string of the molecule is COc1ccc(C2CC2COc2nc(C)ncc2-c2cc(F)c(=O)n(C)c2)nc1. The van der Waals surface area contributed by atoms with Crippen LogP contribution >= 0.6 is 0 Å². The van der Waals surface area contributed by atoms with Gasteiger partial charge in [-0.2, -0.15) is 4.98 Å². The maximum Gasteiger partial charge on any atom is 0.286 e. The zero-order valence-corrected chi connectivity index (χ0v) is 16.4. The van der Waals surface area contributed by atoms with Gasteiger partial charge in [0.1, 0.15) is 11.6 Å². The number of hydrogen-bond donors (Lipinski definition) is 0. The van der Waals surface area contributed by atoms with Gasteiger partial charge >= 0.3 is 0 Å². The molecule has 150 valence electrons. The fourth-order valence-electron chi connectivity index (χ4n) is 3.29. The first kappa shape index (κ1) is 19.0. The highest BCUT2D eigenvalue weighted by molar-refractivity contribution is 5.66. The molecule has 0 aromatic carbocycles. The quantitative estimate of drug-likeness (QED) is 0.638. The van der Waals surface area contributed by atoms with Gasteiger partial charge in [-0.3, -0.25) is 9.78 Å². The maximum absolute atomic E-state index is 13.9. The molecule has 4 rings (SSSR count). The standard InChI is InChI=1S/C21H21FN4O3/c1-12-23-9-17(13-7-18(22)21(27)26(2)10-13)20(25-12)29-11-14-6-16(14)19-5-4-15(28-3)8-24-19/h4-5,7-10,14,16H,6,11H2,1-3H3. The van der Waals surface area contributed by atoms with Gasteiger partial charge in [-0.25, -0.2) is 9.37 Å². The third-order valence-electron chi connectivity index (χ3n) is 5.06. The van der Waals surface area contributed by atoms with Gasteiger partial charge < -0.3 is 14.0 Å². The molecule has 7 nitrogen and oxygen atoms in total. The van der Waals surface area contributed by atoms with E-state index >= 15 is 0 Å². The molecule has 0 amide bonds. The van der Waals surface area contributed by atoms with Crippen molar-refractivity contribution in [1.82, 2.24) is 19.5 Å². The summed E-state index contributed by atoms with van der Waals surface area (Å²) in [6.45, 7) is 2.23. The molecular weight excluding hydrogens is 375 g/mol. The monoisotopic (exact) mass is 396 g/mol. The Morgan fingerprint density at radius 3 is 2.79 bits per heavy atom. The Balaban J connectivity index is 1.51. The van der Waals surface area contributed by atoms with Gasteiger partial charge in [0.25, 0.3) is 5.56 Å². The smallest absolute Gasteiger partial charge is 0.286 e. The van der Waals surface area contributed by atoms with Gasteiger partial charge in [0, 0.05) is 42.5 Å². The van der Waals surface area contributed by atoms with E-state index in [9.17, 15) is 9.18 Å². The Morgan fingerprint density at radius 2 is 2.10 bits per heavy atom. The largest absolute Gasteiger partial charge is 0.495 e. The van der Waals surface area contributed by atoms with E-state index in [2.05, 4.69) is 15.0 Å². The summed E-state index contributed by atoms with van der Waals surface area (Å²) in [5.41, 5.74) is 1.37. The lowest BCUT2D eigenvalue weighted by Gasteiger charge is -2.12. The fourth-order valence-corrected chi connectivity index (χ4v) is 3.29. The van der Waals surface area contributed by atoms with Crippen LogP contribution in [0.2, 0.25) is 0 Å². The van der Waals surface area contributed by atoms with E-state index in [0.717, 1.165) is 17.9 Å². The Kier molecular flexibility index (Phi) is 5.00. The molecule has 3 aromatic rings. The molecule has 1 aliphatic rings. The summed E-state index contributed by atoms with van der Waals surface area (Å²) < 4.78 is 26.3. The molecule has 1 aliphatic carbocycles. The summed E-state index contributed by atoms with van der Waals surface area (Å²) in [6, 6.07) is 5.06. The van der Waals surface area contributed by atoms with E-state index in [1.807, 2.05) is 12.1 Å². The lowest BCUT2D eigenvalue weighted by atomic mass is 10.1. The summed E-state index contributed by atoms with van der Waals surface area (Å²) >= 11 is 0. The van der Waals surface area contributed by atoms with Crippen molar-refractivity contribution in [1.29, 1.82) is 0 Å². The van der Waals surface area contributed by atoms with Gasteiger partial charge in [-0.15, -0.1) is 0 Å². The van der Waals surface area contributed by atoms with Crippen molar-refractivity contribution >= 4 is 0 Å². The predicted octanol–water partition coefficient (Wildman–Crippen LogP) is 2.88. The number of nitrogens with zero attached hydrogens (tertiary/aromatic N) is 4. The van der Waals surface area contributed by atoms with Crippen molar-refractivity contribution in [2.45, 2.75) is 19.3 Å². The maximum atomic E-state index is 13.9. The van der Waals surface area contributed by atoms with Crippen LogP contribution in [0.15, 0.2) is 41.6 Å². The zero-order valence-electron chi connectivity index (χ0n) is 16.4. The van der Waals surface area contributed by atoms with Crippen molar-refractivity contribution < 1.29 is 13.9 Å². The Labute approximate surface area is 167 Å². The molecule has 3 aromatic heterocycles. The number of ether oxygens (including phenoxy) is 2. The number of aryl methyl sites for hydroxylation is 2. The Hall–Kier alpha value is -3.29. The molecule has 0 N–H and O–H groups in total. The Morgan fingerprint density at radius 1 is 1.28 bits per heavy atom. The van der Waals surface area contributed by atoms with Gasteiger partial charge in [0.05, 0.1) is 25.5 Å². The molecule has 2 unspecified atom stereocenters. The van der Waals surface area contributed by atoms with E-state index in [-0.39, 0.29) is 0 Å². The number of aromatic nitrogens is 4. The minimum absolute atomic E-state index is 0.330. The average Bonchev–Trinajstić information content (AvgIpc) is 3.50. The van der Waals surface area contributed by atoms with Crippen LogP contribution in [0.25, 0.3) is 11.1 Å². The summed E-state index contributed by atoms with van der Waals surface area (Å²) in [4.78, 5) is 24.7. The molecule has 29 heavy (non-hydrogen) atoms. The highest BCUT2D eigenvalue weighted by Gasteiger charge is 2.40. The molecule has 2 atom stereocenters. The minimum atomic E-state index is -0.829. The van der Waals surface area contributed by atoms with Crippen LogP contribution in [0.5, 0.6) is 11.6 Å². The van der Waals surface area contributed by atoms with Crippen LogP contribution in [-0.4, -0.2) is 33.2 Å². The van der Waals surface area contributed by atoms with Gasteiger partial charge in [0.2, 0.25) is 5.88 Å². The number of halogens is 1. The first-order valence-corrected chi connectivity index (χ1v) is 9.29. The summed E-state index contributed by atoms with van der Waals surface area (Å²) in [5, 5.41) is 0. The van der Waals surface area contributed by atoms with Crippen molar-refractivity contribution in [2.75, 3.05) is 13.7 Å². The number of pyridine rings is 2. The summed E-state index contributed by atoms with van der Waals surface area (Å²) in [7, 11) is 3.11. The molecule has 1 fully saturated rings. The van der Waals surface area contributed by atoms with E-state index in [0.29, 0.717) is 41.3 Å². The number of rotatable bonds is 6. The van der Waals surface area contributed by atoms with E-state index in [4.69, 9.17) is 9.47 Å². The molecule has 0 saturated heterocycles. The Bertz CT molecular complexity index is 1070. The molecule has 0 radical (unpaired) electrons. The second-order valence-electron chi connectivity index (χ2n) is 7.16. The van der Waals surface area contributed by atoms with Crippen LogP contribution in [0.1, 0.15) is 23.9 Å². The first-order valence-electron chi connectivity index (χ1n) is 9.29. The molecule has 0 spiro atoms. The van der Waals surface area contributed by atoms with Crippen LogP contribution in [0.4, 0.5) is 4.39 Å². The second kappa shape index (κ2) is 7.62. The highest BCUT2D eigenvalue weighted by Crippen LogP contribution is 2.47. The van der Waals surface area contributed by atoms with Crippen molar-refractivity contribution in [2.24, 2.45) is 13.0 Å². The van der Waals surface area contributed by atoms with Gasteiger partial charge in [-0.05, 0) is 31.5 Å². The van der Waals surface area contributed by atoms with Crippen molar-refractivity contribution in [3.63, 3.8) is 0 Å². The normalized spacial score (nSPS) is 17.8. The van der Waals surface area contributed by atoms with Crippen LogP contribution in [0.3, 0.4) is 0 Å². The molecular formula is C21H21FN4O3. The third-order valence-corrected chi connectivity index (χ3v) is 5.06. The molecule has 8 heteroatoms. The highest BCUT2D eigenvalue weighted by atomic mass is 19.1. The number of hydrogen-bond acceptors (Lipinski definition) is 6. The van der Waals surface area contributed by atoms with Crippen LogP contribution in [0, 0.1) is 18.7 Å². The van der Waals surface area contributed by atoms with Crippen molar-refractivity contribution in [3.8, 4) is 22.8 Å². The van der Waals surface area contributed by atoms with Crippen LogP contribution < -0.4 is 15.0 Å². The van der Waals surface area contributed by atoms with E-state index < -0.39 is 11.4 Å². The molecule has 1 saturated carbocycles. The van der Waals surface area contributed by atoms with Crippen molar-refractivity contribution in [3.05, 3.63) is 64.5 Å². The van der Waals surface area contributed by atoms with Gasteiger partial charge in [-0.1, -0.05) is 0 Å². The number of methoxy groups -OCH3 is 1. The minimum Gasteiger partial charge on any atom is -0.495 e. The topological polar surface area (TPSA) is 79.1 Å². The average molecular weight is 396 g/mol.